The van der Waals surface area contributed by atoms with Crippen molar-refractivity contribution >= 4 is 11.7 Å². The zero-order valence-corrected chi connectivity index (χ0v) is 14.1. The Morgan fingerprint density at radius 3 is 2.32 bits per heavy atom. The molecule has 0 aliphatic carbocycles. The molecule has 2 rings (SSSR count). The Hall–Kier alpha value is -1.65. The number of aromatic nitrogens is 2. The quantitative estimate of drug-likeness (QED) is 0.810. The standard InChI is InChI=1S/C17H28N4O/c1-4-8-20(9-5-2)16-13-18-15(12-19-16)17(22)21-10-6-14(3)7-11-21/h12-14H,4-11H2,1-3H3. The highest BCUT2D eigenvalue weighted by Gasteiger charge is 2.22. The molecule has 0 unspecified atom stereocenters. The third-order valence-corrected chi connectivity index (χ3v) is 4.24. The summed E-state index contributed by atoms with van der Waals surface area (Å²) in [5, 5.41) is 0. The third kappa shape index (κ3) is 4.18. The maximum atomic E-state index is 12.4. The Kier molecular flexibility index (Phi) is 6.16. The molecule has 5 heteroatoms. The van der Waals surface area contributed by atoms with Gasteiger partial charge in [0.25, 0.3) is 5.91 Å². The van der Waals surface area contributed by atoms with Crippen LogP contribution in [0.3, 0.4) is 0 Å². The van der Waals surface area contributed by atoms with Crippen LogP contribution in [-0.2, 0) is 0 Å². The molecule has 1 amide bonds. The summed E-state index contributed by atoms with van der Waals surface area (Å²) >= 11 is 0. The highest BCUT2D eigenvalue weighted by Crippen LogP contribution is 2.18. The van der Waals surface area contributed by atoms with E-state index < -0.39 is 0 Å². The van der Waals surface area contributed by atoms with Gasteiger partial charge in [0, 0.05) is 26.2 Å². The Labute approximate surface area is 133 Å². The third-order valence-electron chi connectivity index (χ3n) is 4.24. The number of rotatable bonds is 6. The van der Waals surface area contributed by atoms with Crippen molar-refractivity contribution in [1.82, 2.24) is 14.9 Å². The van der Waals surface area contributed by atoms with Gasteiger partial charge in [-0.3, -0.25) is 4.79 Å². The van der Waals surface area contributed by atoms with Gasteiger partial charge in [0.1, 0.15) is 11.5 Å². The van der Waals surface area contributed by atoms with Gasteiger partial charge in [0.15, 0.2) is 0 Å². The summed E-state index contributed by atoms with van der Waals surface area (Å²) in [6, 6.07) is 0. The van der Waals surface area contributed by atoms with Crippen LogP contribution < -0.4 is 4.90 Å². The maximum absolute atomic E-state index is 12.4. The Morgan fingerprint density at radius 1 is 1.18 bits per heavy atom. The van der Waals surface area contributed by atoms with Crippen LogP contribution in [-0.4, -0.2) is 47.0 Å². The van der Waals surface area contributed by atoms with Crippen LogP contribution in [0.1, 0.15) is 56.9 Å². The van der Waals surface area contributed by atoms with Crippen LogP contribution in [0.4, 0.5) is 5.82 Å². The molecule has 0 saturated carbocycles. The van der Waals surface area contributed by atoms with Crippen LogP contribution in [0.15, 0.2) is 12.4 Å². The number of anilines is 1. The second-order valence-electron chi connectivity index (χ2n) is 6.22. The largest absolute Gasteiger partial charge is 0.355 e. The molecule has 0 aromatic carbocycles. The molecule has 1 aliphatic rings. The lowest BCUT2D eigenvalue weighted by Crippen LogP contribution is -2.38. The van der Waals surface area contributed by atoms with Crippen LogP contribution >= 0.6 is 0 Å². The van der Waals surface area contributed by atoms with Crippen molar-refractivity contribution in [2.75, 3.05) is 31.1 Å². The van der Waals surface area contributed by atoms with Crippen LogP contribution in [0.5, 0.6) is 0 Å². The molecule has 122 valence electrons. The molecular formula is C17H28N4O. The molecule has 5 nitrogen and oxygen atoms in total. The molecule has 0 spiro atoms. The number of carbonyl (C=O) groups is 1. The molecule has 0 radical (unpaired) electrons. The van der Waals surface area contributed by atoms with E-state index in [2.05, 4.69) is 35.6 Å². The van der Waals surface area contributed by atoms with Crippen LogP contribution in [0, 0.1) is 5.92 Å². The molecule has 1 fully saturated rings. The summed E-state index contributed by atoms with van der Waals surface area (Å²) in [7, 11) is 0. The van der Waals surface area contributed by atoms with Crippen LogP contribution in [0.25, 0.3) is 0 Å². The van der Waals surface area contributed by atoms with Gasteiger partial charge in [-0.1, -0.05) is 20.8 Å². The maximum Gasteiger partial charge on any atom is 0.274 e. The molecule has 1 aromatic rings. The Balaban J connectivity index is 2.02. The fraction of sp³-hybridized carbons (Fsp3) is 0.706. The first-order chi connectivity index (χ1) is 10.7. The van der Waals surface area contributed by atoms with Gasteiger partial charge >= 0.3 is 0 Å². The van der Waals surface area contributed by atoms with Gasteiger partial charge in [0.05, 0.1) is 12.4 Å². The van der Waals surface area contributed by atoms with Crippen molar-refractivity contribution in [2.24, 2.45) is 5.92 Å². The molecule has 0 atom stereocenters. The van der Waals surface area contributed by atoms with Gasteiger partial charge in [-0.2, -0.15) is 0 Å². The van der Waals surface area contributed by atoms with Crippen molar-refractivity contribution in [3.63, 3.8) is 0 Å². The predicted molar refractivity (Wildman–Crippen MR) is 89.1 cm³/mol. The van der Waals surface area contributed by atoms with E-state index >= 15 is 0 Å². The summed E-state index contributed by atoms with van der Waals surface area (Å²) in [5.41, 5.74) is 0.464. The highest BCUT2D eigenvalue weighted by molar-refractivity contribution is 5.92. The first-order valence-corrected chi connectivity index (χ1v) is 8.52. The summed E-state index contributed by atoms with van der Waals surface area (Å²) in [6.45, 7) is 10.2. The fourth-order valence-electron chi connectivity index (χ4n) is 2.85. The van der Waals surface area contributed by atoms with Crippen molar-refractivity contribution in [3.8, 4) is 0 Å². The average Bonchev–Trinajstić information content (AvgIpc) is 2.55. The Bertz CT molecular complexity index is 460. The summed E-state index contributed by atoms with van der Waals surface area (Å²) < 4.78 is 0. The minimum atomic E-state index is 0.0171. The lowest BCUT2D eigenvalue weighted by Gasteiger charge is -2.30. The second-order valence-corrected chi connectivity index (χ2v) is 6.22. The molecule has 2 heterocycles. The van der Waals surface area contributed by atoms with E-state index in [0.717, 1.165) is 57.7 Å². The number of hydrogen-bond acceptors (Lipinski definition) is 4. The lowest BCUT2D eigenvalue weighted by molar-refractivity contribution is 0.0691. The SMILES string of the molecule is CCCN(CCC)c1cnc(C(=O)N2CCC(C)CC2)cn1. The van der Waals surface area contributed by atoms with E-state index in [9.17, 15) is 4.79 Å². The number of carbonyl (C=O) groups excluding carboxylic acids is 1. The second kappa shape index (κ2) is 8.11. The molecule has 0 N–H and O–H groups in total. The van der Waals surface area contributed by atoms with E-state index in [1.807, 2.05) is 4.90 Å². The van der Waals surface area contributed by atoms with E-state index in [-0.39, 0.29) is 5.91 Å². The Morgan fingerprint density at radius 2 is 1.82 bits per heavy atom. The minimum Gasteiger partial charge on any atom is -0.355 e. The smallest absolute Gasteiger partial charge is 0.274 e. The zero-order chi connectivity index (χ0) is 15.9. The summed E-state index contributed by atoms with van der Waals surface area (Å²) in [4.78, 5) is 25.4. The molecule has 22 heavy (non-hydrogen) atoms. The monoisotopic (exact) mass is 304 g/mol. The van der Waals surface area contributed by atoms with Crippen molar-refractivity contribution in [1.29, 1.82) is 0 Å². The number of amides is 1. The number of hydrogen-bond donors (Lipinski definition) is 0. The van der Waals surface area contributed by atoms with Gasteiger partial charge < -0.3 is 9.80 Å². The minimum absolute atomic E-state index is 0.0171. The highest BCUT2D eigenvalue weighted by atomic mass is 16.2. The van der Waals surface area contributed by atoms with Crippen molar-refractivity contribution < 1.29 is 4.79 Å². The van der Waals surface area contributed by atoms with E-state index in [0.29, 0.717) is 11.6 Å². The molecule has 1 saturated heterocycles. The molecule has 0 bridgehead atoms. The van der Waals surface area contributed by atoms with Crippen molar-refractivity contribution in [2.45, 2.75) is 46.5 Å². The predicted octanol–water partition coefficient (Wildman–Crippen LogP) is 2.98. The first-order valence-electron chi connectivity index (χ1n) is 8.52. The lowest BCUT2D eigenvalue weighted by atomic mass is 9.99. The molecular weight excluding hydrogens is 276 g/mol. The normalized spacial score (nSPS) is 15.9. The number of nitrogens with zero attached hydrogens (tertiary/aromatic N) is 4. The number of likely N-dealkylation sites (tertiary alicyclic amines) is 1. The fourth-order valence-corrected chi connectivity index (χ4v) is 2.85. The number of piperidine rings is 1. The summed E-state index contributed by atoms with van der Waals surface area (Å²) in [5.74, 6) is 1.60. The first kappa shape index (κ1) is 16.7. The zero-order valence-electron chi connectivity index (χ0n) is 14.1. The van der Waals surface area contributed by atoms with E-state index in [1.54, 1.807) is 12.4 Å². The topological polar surface area (TPSA) is 49.3 Å². The van der Waals surface area contributed by atoms with Gasteiger partial charge in [-0.15, -0.1) is 0 Å². The summed E-state index contributed by atoms with van der Waals surface area (Å²) in [6.07, 6.45) is 7.69. The molecule has 1 aliphatic heterocycles. The van der Waals surface area contributed by atoms with Crippen molar-refractivity contribution in [3.05, 3.63) is 18.1 Å². The van der Waals surface area contributed by atoms with Crippen LogP contribution in [0.2, 0.25) is 0 Å². The molecule has 1 aromatic heterocycles. The van der Waals surface area contributed by atoms with E-state index in [4.69, 9.17) is 0 Å². The van der Waals surface area contributed by atoms with Gasteiger partial charge in [0.2, 0.25) is 0 Å². The van der Waals surface area contributed by atoms with E-state index in [1.165, 1.54) is 0 Å². The average molecular weight is 304 g/mol. The van der Waals surface area contributed by atoms with Gasteiger partial charge in [-0.25, -0.2) is 9.97 Å². The van der Waals surface area contributed by atoms with Gasteiger partial charge in [-0.05, 0) is 31.6 Å².